The standard InChI is InChI=1S/C12H25N/c1-6-9-11(13-10-7-2)12(4,5)8-3/h6,11,13H,1,7-10H2,2-5H3. The van der Waals surface area contributed by atoms with Crippen LogP contribution in [0.3, 0.4) is 0 Å². The molecule has 1 heteroatoms. The van der Waals surface area contributed by atoms with Crippen LogP contribution in [0.1, 0.15) is 47.0 Å². The van der Waals surface area contributed by atoms with Crippen LogP contribution >= 0.6 is 0 Å². The zero-order chi connectivity index (χ0) is 10.3. The molecule has 1 atom stereocenters. The average molecular weight is 183 g/mol. The molecule has 0 aliphatic carbocycles. The molecule has 0 saturated carbocycles. The Labute approximate surface area is 83.6 Å². The van der Waals surface area contributed by atoms with E-state index in [0.717, 1.165) is 13.0 Å². The van der Waals surface area contributed by atoms with Gasteiger partial charge in [0.2, 0.25) is 0 Å². The molecule has 0 radical (unpaired) electrons. The smallest absolute Gasteiger partial charge is 0.0152 e. The summed E-state index contributed by atoms with van der Waals surface area (Å²) in [5, 5.41) is 3.59. The number of nitrogens with one attached hydrogen (secondary N) is 1. The molecular weight excluding hydrogens is 158 g/mol. The van der Waals surface area contributed by atoms with Gasteiger partial charge >= 0.3 is 0 Å². The van der Waals surface area contributed by atoms with Gasteiger partial charge in [-0.15, -0.1) is 6.58 Å². The van der Waals surface area contributed by atoms with Gasteiger partial charge < -0.3 is 5.32 Å². The van der Waals surface area contributed by atoms with Gasteiger partial charge in [-0.1, -0.05) is 33.8 Å². The largest absolute Gasteiger partial charge is 0.313 e. The van der Waals surface area contributed by atoms with Crippen LogP contribution in [0.5, 0.6) is 0 Å². The van der Waals surface area contributed by atoms with Gasteiger partial charge in [-0.2, -0.15) is 0 Å². The topological polar surface area (TPSA) is 12.0 Å². The summed E-state index contributed by atoms with van der Waals surface area (Å²) in [6.07, 6.45) is 5.50. The summed E-state index contributed by atoms with van der Waals surface area (Å²) in [6, 6.07) is 0.579. The van der Waals surface area contributed by atoms with Crippen molar-refractivity contribution < 1.29 is 0 Å². The van der Waals surface area contributed by atoms with E-state index in [0.29, 0.717) is 11.5 Å². The predicted octanol–water partition coefficient (Wildman–Crippen LogP) is 3.37. The van der Waals surface area contributed by atoms with Crippen LogP contribution in [0, 0.1) is 5.41 Å². The summed E-state index contributed by atoms with van der Waals surface area (Å²) in [4.78, 5) is 0. The van der Waals surface area contributed by atoms with Crippen molar-refractivity contribution in [1.82, 2.24) is 5.32 Å². The third kappa shape index (κ3) is 4.47. The maximum absolute atomic E-state index is 3.82. The molecule has 0 spiro atoms. The first-order chi connectivity index (χ1) is 6.08. The van der Waals surface area contributed by atoms with Crippen molar-refractivity contribution in [3.8, 4) is 0 Å². The van der Waals surface area contributed by atoms with Crippen molar-refractivity contribution in [3.05, 3.63) is 12.7 Å². The summed E-state index contributed by atoms with van der Waals surface area (Å²) in [7, 11) is 0. The molecule has 1 unspecified atom stereocenters. The molecule has 0 heterocycles. The molecular formula is C12H25N. The molecule has 1 nitrogen and oxygen atoms in total. The lowest BCUT2D eigenvalue weighted by molar-refractivity contribution is 0.233. The van der Waals surface area contributed by atoms with Crippen LogP contribution in [-0.2, 0) is 0 Å². The Hall–Kier alpha value is -0.300. The first kappa shape index (κ1) is 12.7. The Bertz CT molecular complexity index is 138. The minimum absolute atomic E-state index is 0.378. The maximum Gasteiger partial charge on any atom is 0.0152 e. The Morgan fingerprint density at radius 1 is 1.38 bits per heavy atom. The van der Waals surface area contributed by atoms with E-state index in [2.05, 4.69) is 39.6 Å². The predicted molar refractivity (Wildman–Crippen MR) is 61.0 cm³/mol. The van der Waals surface area contributed by atoms with Gasteiger partial charge in [-0.05, 0) is 31.2 Å². The van der Waals surface area contributed by atoms with E-state index in [9.17, 15) is 0 Å². The van der Waals surface area contributed by atoms with E-state index in [4.69, 9.17) is 0 Å². The fourth-order valence-electron chi connectivity index (χ4n) is 1.41. The fourth-order valence-corrected chi connectivity index (χ4v) is 1.41. The van der Waals surface area contributed by atoms with Crippen LogP contribution < -0.4 is 5.32 Å². The van der Waals surface area contributed by atoms with E-state index in [1.165, 1.54) is 12.8 Å². The summed E-state index contributed by atoms with van der Waals surface area (Å²) in [6.45, 7) is 14.0. The highest BCUT2D eigenvalue weighted by atomic mass is 14.9. The van der Waals surface area contributed by atoms with Gasteiger partial charge in [0.05, 0.1) is 0 Å². The Morgan fingerprint density at radius 2 is 2.00 bits per heavy atom. The molecule has 0 aromatic carbocycles. The van der Waals surface area contributed by atoms with Crippen molar-refractivity contribution in [2.45, 2.75) is 53.0 Å². The quantitative estimate of drug-likeness (QED) is 0.597. The fraction of sp³-hybridized carbons (Fsp3) is 0.833. The van der Waals surface area contributed by atoms with Gasteiger partial charge in [0, 0.05) is 6.04 Å². The van der Waals surface area contributed by atoms with Crippen LogP contribution in [0.15, 0.2) is 12.7 Å². The van der Waals surface area contributed by atoms with Crippen LogP contribution in [0.2, 0.25) is 0 Å². The number of hydrogen-bond acceptors (Lipinski definition) is 1. The van der Waals surface area contributed by atoms with Crippen LogP contribution in [-0.4, -0.2) is 12.6 Å². The molecule has 1 N–H and O–H groups in total. The van der Waals surface area contributed by atoms with Crippen LogP contribution in [0.4, 0.5) is 0 Å². The zero-order valence-electron chi connectivity index (χ0n) is 9.69. The second-order valence-corrected chi connectivity index (χ2v) is 4.37. The highest BCUT2D eigenvalue weighted by Crippen LogP contribution is 2.26. The van der Waals surface area contributed by atoms with Gasteiger partial charge in [-0.25, -0.2) is 0 Å². The highest BCUT2D eigenvalue weighted by molar-refractivity contribution is 4.88. The molecule has 0 rings (SSSR count). The normalized spacial score (nSPS) is 14.2. The molecule has 0 amide bonds. The third-order valence-corrected chi connectivity index (χ3v) is 2.90. The summed E-state index contributed by atoms with van der Waals surface area (Å²) in [5.41, 5.74) is 0.378. The van der Waals surface area contributed by atoms with Crippen molar-refractivity contribution in [3.63, 3.8) is 0 Å². The lowest BCUT2D eigenvalue weighted by Crippen LogP contribution is -2.41. The van der Waals surface area contributed by atoms with Gasteiger partial charge in [0.1, 0.15) is 0 Å². The first-order valence-electron chi connectivity index (χ1n) is 5.42. The summed E-state index contributed by atoms with van der Waals surface area (Å²) in [5.74, 6) is 0. The van der Waals surface area contributed by atoms with Gasteiger partial charge in [0.15, 0.2) is 0 Å². The average Bonchev–Trinajstić information content (AvgIpc) is 2.12. The minimum atomic E-state index is 0.378. The zero-order valence-corrected chi connectivity index (χ0v) is 9.69. The second kappa shape index (κ2) is 6.20. The Kier molecular flexibility index (Phi) is 6.06. The van der Waals surface area contributed by atoms with Crippen molar-refractivity contribution >= 4 is 0 Å². The SMILES string of the molecule is C=CCC(NCCC)C(C)(C)CC. The molecule has 0 aromatic rings. The monoisotopic (exact) mass is 183 g/mol. The molecule has 0 bridgehead atoms. The van der Waals surface area contributed by atoms with E-state index in [1.807, 2.05) is 6.08 Å². The summed E-state index contributed by atoms with van der Waals surface area (Å²) < 4.78 is 0. The second-order valence-electron chi connectivity index (χ2n) is 4.37. The van der Waals surface area contributed by atoms with Crippen molar-refractivity contribution in [2.75, 3.05) is 6.54 Å². The van der Waals surface area contributed by atoms with E-state index in [-0.39, 0.29) is 0 Å². The molecule has 0 aromatic heterocycles. The molecule has 78 valence electrons. The van der Waals surface area contributed by atoms with Crippen molar-refractivity contribution in [1.29, 1.82) is 0 Å². The molecule has 0 fully saturated rings. The first-order valence-corrected chi connectivity index (χ1v) is 5.42. The third-order valence-electron chi connectivity index (χ3n) is 2.90. The Balaban J connectivity index is 4.13. The minimum Gasteiger partial charge on any atom is -0.313 e. The molecule has 0 aliphatic rings. The van der Waals surface area contributed by atoms with Gasteiger partial charge in [0.25, 0.3) is 0 Å². The lowest BCUT2D eigenvalue weighted by atomic mass is 9.80. The molecule has 0 saturated heterocycles. The lowest BCUT2D eigenvalue weighted by Gasteiger charge is -2.33. The highest BCUT2D eigenvalue weighted by Gasteiger charge is 2.25. The van der Waals surface area contributed by atoms with E-state index in [1.54, 1.807) is 0 Å². The van der Waals surface area contributed by atoms with E-state index < -0.39 is 0 Å². The molecule has 0 aliphatic heterocycles. The Morgan fingerprint density at radius 3 is 2.38 bits per heavy atom. The van der Waals surface area contributed by atoms with Crippen molar-refractivity contribution in [2.24, 2.45) is 5.41 Å². The van der Waals surface area contributed by atoms with E-state index >= 15 is 0 Å². The maximum atomic E-state index is 3.82. The van der Waals surface area contributed by atoms with Crippen LogP contribution in [0.25, 0.3) is 0 Å². The van der Waals surface area contributed by atoms with Gasteiger partial charge in [-0.3, -0.25) is 0 Å². The number of rotatable bonds is 7. The molecule has 13 heavy (non-hydrogen) atoms. The number of hydrogen-bond donors (Lipinski definition) is 1. The summed E-state index contributed by atoms with van der Waals surface area (Å²) >= 11 is 0.